The summed E-state index contributed by atoms with van der Waals surface area (Å²) in [5.41, 5.74) is 0.488. The quantitative estimate of drug-likeness (QED) is 0.869. The first-order chi connectivity index (χ1) is 9.83. The van der Waals surface area contributed by atoms with Gasteiger partial charge in [-0.05, 0) is 50.2 Å². The highest BCUT2D eigenvalue weighted by Crippen LogP contribution is 2.29. The fourth-order valence-electron chi connectivity index (χ4n) is 2.76. The lowest BCUT2D eigenvalue weighted by molar-refractivity contribution is 0.0701. The number of carbonyl (C=O) groups is 1. The summed E-state index contributed by atoms with van der Waals surface area (Å²) in [5, 5.41) is 9.02. The van der Waals surface area contributed by atoms with Crippen LogP contribution in [0.4, 0.5) is 0 Å². The van der Waals surface area contributed by atoms with E-state index in [4.69, 9.17) is 5.11 Å². The molecule has 2 N–H and O–H groups in total. The van der Waals surface area contributed by atoms with Gasteiger partial charge < -0.3 is 5.11 Å². The van der Waals surface area contributed by atoms with E-state index in [1.54, 1.807) is 6.92 Å². The predicted molar refractivity (Wildman–Crippen MR) is 82.4 cm³/mol. The van der Waals surface area contributed by atoms with Crippen LogP contribution in [0, 0.1) is 12.8 Å². The van der Waals surface area contributed by atoms with Gasteiger partial charge in [0.1, 0.15) is 9.09 Å². The number of carboxylic acid groups (broad SMARTS) is 1. The highest BCUT2D eigenvalue weighted by atomic mass is 32.2. The minimum atomic E-state index is -3.61. The van der Waals surface area contributed by atoms with E-state index in [0.717, 1.165) is 43.4 Å². The number of nitrogens with one attached hydrogen (secondary N) is 1. The molecule has 0 radical (unpaired) electrons. The lowest BCUT2D eigenvalue weighted by Crippen LogP contribution is -2.37. The zero-order chi connectivity index (χ0) is 15.6. The highest BCUT2D eigenvalue weighted by molar-refractivity contribution is 7.91. The molecule has 1 saturated carbocycles. The summed E-state index contributed by atoms with van der Waals surface area (Å²) in [7, 11) is -3.61. The molecule has 2 rings (SSSR count). The van der Waals surface area contributed by atoms with Crippen molar-refractivity contribution in [3.63, 3.8) is 0 Å². The summed E-state index contributed by atoms with van der Waals surface area (Å²) in [4.78, 5) is 11.1. The Balaban J connectivity index is 2.09. The van der Waals surface area contributed by atoms with E-state index in [1.807, 2.05) is 0 Å². The second kappa shape index (κ2) is 6.46. The zero-order valence-electron chi connectivity index (χ0n) is 12.3. The Labute approximate surface area is 129 Å². The van der Waals surface area contributed by atoms with E-state index < -0.39 is 16.0 Å². The Bertz CT molecular complexity index is 613. The first-order valence-corrected chi connectivity index (χ1v) is 9.49. The van der Waals surface area contributed by atoms with E-state index in [-0.39, 0.29) is 15.1 Å². The number of carboxylic acids is 1. The molecule has 1 aromatic rings. The van der Waals surface area contributed by atoms with Crippen LogP contribution >= 0.6 is 11.3 Å². The molecule has 0 aliphatic heterocycles. The summed E-state index contributed by atoms with van der Waals surface area (Å²) in [6, 6.07) is 1.40. The van der Waals surface area contributed by atoms with E-state index in [2.05, 4.69) is 11.6 Å². The van der Waals surface area contributed by atoms with E-state index in [0.29, 0.717) is 11.5 Å². The van der Waals surface area contributed by atoms with Crippen LogP contribution in [0.1, 0.15) is 54.3 Å². The summed E-state index contributed by atoms with van der Waals surface area (Å²) >= 11 is 0.818. The van der Waals surface area contributed by atoms with Gasteiger partial charge in [0.15, 0.2) is 0 Å². The van der Waals surface area contributed by atoms with Crippen molar-refractivity contribution in [2.75, 3.05) is 0 Å². The normalized spacial score (nSPS) is 23.1. The topological polar surface area (TPSA) is 83.5 Å². The zero-order valence-corrected chi connectivity index (χ0v) is 13.9. The van der Waals surface area contributed by atoms with Crippen LogP contribution in [0.25, 0.3) is 0 Å². The molecule has 0 amide bonds. The van der Waals surface area contributed by atoms with Crippen molar-refractivity contribution < 1.29 is 18.3 Å². The van der Waals surface area contributed by atoms with Crippen molar-refractivity contribution in [2.24, 2.45) is 5.92 Å². The maximum atomic E-state index is 12.3. The van der Waals surface area contributed by atoms with Crippen LogP contribution in [0.2, 0.25) is 0 Å². The highest BCUT2D eigenvalue weighted by Gasteiger charge is 2.27. The van der Waals surface area contributed by atoms with Gasteiger partial charge in [-0.2, -0.15) is 0 Å². The van der Waals surface area contributed by atoms with E-state index in [1.165, 1.54) is 6.07 Å². The first-order valence-electron chi connectivity index (χ1n) is 7.19. The van der Waals surface area contributed by atoms with Gasteiger partial charge in [-0.1, -0.05) is 13.3 Å². The minimum Gasteiger partial charge on any atom is -0.477 e. The van der Waals surface area contributed by atoms with E-state index >= 15 is 0 Å². The molecule has 0 saturated heterocycles. The molecule has 0 aromatic carbocycles. The molecule has 1 aromatic heterocycles. The van der Waals surface area contributed by atoms with Gasteiger partial charge in [-0.3, -0.25) is 0 Å². The lowest BCUT2D eigenvalue weighted by atomic mass is 9.85. The lowest BCUT2D eigenvalue weighted by Gasteiger charge is -2.27. The number of hydrogen-bond acceptors (Lipinski definition) is 4. The minimum absolute atomic E-state index is 0.0338. The van der Waals surface area contributed by atoms with Crippen molar-refractivity contribution in [3.8, 4) is 0 Å². The number of sulfonamides is 1. The Morgan fingerprint density at radius 3 is 2.48 bits per heavy atom. The van der Waals surface area contributed by atoms with Gasteiger partial charge in [-0.15, -0.1) is 11.3 Å². The molecule has 5 nitrogen and oxygen atoms in total. The molecule has 0 atom stereocenters. The molecule has 1 fully saturated rings. The fraction of sp³-hybridized carbons (Fsp3) is 0.643. The summed E-state index contributed by atoms with van der Waals surface area (Å²) in [5.74, 6) is -0.379. The van der Waals surface area contributed by atoms with Crippen molar-refractivity contribution in [2.45, 2.75) is 56.2 Å². The second-order valence-corrected chi connectivity index (χ2v) is 8.62. The van der Waals surface area contributed by atoms with Crippen LogP contribution < -0.4 is 4.72 Å². The smallest absolute Gasteiger partial charge is 0.346 e. The fourth-order valence-corrected chi connectivity index (χ4v) is 5.46. The van der Waals surface area contributed by atoms with Crippen molar-refractivity contribution >= 4 is 27.3 Å². The monoisotopic (exact) mass is 331 g/mol. The van der Waals surface area contributed by atoms with Crippen molar-refractivity contribution in [1.82, 2.24) is 4.72 Å². The molecule has 0 bridgehead atoms. The van der Waals surface area contributed by atoms with Crippen LogP contribution in [0.3, 0.4) is 0 Å². The molecule has 1 aliphatic carbocycles. The van der Waals surface area contributed by atoms with Gasteiger partial charge in [-0.25, -0.2) is 17.9 Å². The number of aryl methyl sites for hydroxylation is 1. The maximum Gasteiger partial charge on any atom is 0.346 e. The SMILES string of the molecule is CCC1CCC(NS(=O)(=O)c2cc(C)c(C(=O)O)s2)CC1. The predicted octanol–water partition coefficient (Wildman–Crippen LogP) is 3.00. The number of thiophene rings is 1. The second-order valence-electron chi connectivity index (χ2n) is 5.63. The van der Waals surface area contributed by atoms with Crippen LogP contribution in [-0.2, 0) is 10.0 Å². The molecule has 1 aliphatic rings. The van der Waals surface area contributed by atoms with Crippen LogP contribution in [0.15, 0.2) is 10.3 Å². The van der Waals surface area contributed by atoms with Crippen LogP contribution in [-0.4, -0.2) is 25.5 Å². The molecular formula is C14H21NO4S2. The number of rotatable bonds is 5. The van der Waals surface area contributed by atoms with Gasteiger partial charge in [0, 0.05) is 6.04 Å². The molecule has 0 spiro atoms. The molecule has 1 heterocycles. The van der Waals surface area contributed by atoms with Crippen molar-refractivity contribution in [1.29, 1.82) is 0 Å². The largest absolute Gasteiger partial charge is 0.477 e. The molecule has 0 unspecified atom stereocenters. The summed E-state index contributed by atoms with van der Waals surface area (Å²) in [6.45, 7) is 3.78. The van der Waals surface area contributed by atoms with Gasteiger partial charge in [0.2, 0.25) is 10.0 Å². The van der Waals surface area contributed by atoms with Gasteiger partial charge in [0.25, 0.3) is 0 Å². The van der Waals surface area contributed by atoms with Crippen molar-refractivity contribution in [3.05, 3.63) is 16.5 Å². The average Bonchev–Trinajstić information content (AvgIpc) is 2.82. The molecule has 7 heteroatoms. The Morgan fingerprint density at radius 1 is 1.38 bits per heavy atom. The maximum absolute atomic E-state index is 12.3. The Morgan fingerprint density at radius 2 is 2.00 bits per heavy atom. The summed E-state index contributed by atoms with van der Waals surface area (Å²) in [6.07, 6.45) is 4.95. The third kappa shape index (κ3) is 3.84. The standard InChI is InChI=1S/C14H21NO4S2/c1-3-10-4-6-11(7-5-10)15-21(18,19)12-8-9(2)13(20-12)14(16)17/h8,10-11,15H,3-7H2,1-2H3,(H,16,17). The number of hydrogen-bond donors (Lipinski definition) is 2. The van der Waals surface area contributed by atoms with Crippen LogP contribution in [0.5, 0.6) is 0 Å². The van der Waals surface area contributed by atoms with Gasteiger partial charge in [0.05, 0.1) is 0 Å². The molecule has 21 heavy (non-hydrogen) atoms. The summed E-state index contributed by atoms with van der Waals surface area (Å²) < 4.78 is 27.5. The number of aromatic carboxylic acids is 1. The third-order valence-electron chi connectivity index (χ3n) is 4.10. The molecule has 118 valence electrons. The van der Waals surface area contributed by atoms with E-state index in [9.17, 15) is 13.2 Å². The average molecular weight is 331 g/mol. The first kappa shape index (κ1) is 16.5. The Kier molecular flexibility index (Phi) is 5.06. The Hall–Kier alpha value is -0.920. The van der Waals surface area contributed by atoms with Gasteiger partial charge >= 0.3 is 5.97 Å². The third-order valence-corrected chi connectivity index (χ3v) is 7.32. The molecular weight excluding hydrogens is 310 g/mol.